The molecule has 1 aliphatic carbocycles. The molecule has 1 N–H and O–H groups in total. The first-order chi connectivity index (χ1) is 9.88. The number of piperidine rings is 3. The summed E-state index contributed by atoms with van der Waals surface area (Å²) in [5.41, 5.74) is 1.25. The average molecular weight is 272 g/mol. The minimum atomic E-state index is 0.552. The number of aromatic nitrogens is 2. The van der Waals surface area contributed by atoms with Crippen LogP contribution < -0.4 is 5.32 Å². The molecule has 4 nitrogen and oxygen atoms in total. The SMILES string of the molecule is c1cc(C2CCCC2)nc(N[C@@H]2CN3CCC2CC3)n1. The quantitative estimate of drug-likeness (QED) is 0.918. The van der Waals surface area contributed by atoms with Crippen molar-refractivity contribution < 1.29 is 0 Å². The van der Waals surface area contributed by atoms with Gasteiger partial charge in [0.2, 0.25) is 5.95 Å². The van der Waals surface area contributed by atoms with Crippen LogP contribution in [-0.2, 0) is 0 Å². The van der Waals surface area contributed by atoms with Crippen LogP contribution in [0.1, 0.15) is 50.1 Å². The molecule has 4 aliphatic rings. The number of rotatable bonds is 3. The van der Waals surface area contributed by atoms with Gasteiger partial charge in [0.1, 0.15) is 0 Å². The van der Waals surface area contributed by atoms with E-state index in [1.807, 2.05) is 6.20 Å². The third kappa shape index (κ3) is 2.41. The van der Waals surface area contributed by atoms with E-state index in [0.29, 0.717) is 12.0 Å². The summed E-state index contributed by atoms with van der Waals surface area (Å²) < 4.78 is 0. The van der Waals surface area contributed by atoms with Crippen molar-refractivity contribution in [3.63, 3.8) is 0 Å². The van der Waals surface area contributed by atoms with E-state index in [0.717, 1.165) is 11.9 Å². The smallest absolute Gasteiger partial charge is 0.223 e. The molecule has 1 aromatic rings. The van der Waals surface area contributed by atoms with Crippen molar-refractivity contribution in [1.82, 2.24) is 14.9 Å². The topological polar surface area (TPSA) is 41.1 Å². The summed E-state index contributed by atoms with van der Waals surface area (Å²) in [7, 11) is 0. The second-order valence-electron chi connectivity index (χ2n) is 6.68. The highest BCUT2D eigenvalue weighted by Crippen LogP contribution is 2.33. The van der Waals surface area contributed by atoms with Crippen LogP contribution in [-0.4, -0.2) is 40.5 Å². The first kappa shape index (κ1) is 12.6. The van der Waals surface area contributed by atoms with Gasteiger partial charge in [-0.25, -0.2) is 9.97 Å². The second kappa shape index (κ2) is 5.32. The Morgan fingerprint density at radius 2 is 1.90 bits per heavy atom. The summed E-state index contributed by atoms with van der Waals surface area (Å²) in [5, 5.41) is 3.61. The zero-order valence-electron chi connectivity index (χ0n) is 12.1. The molecule has 4 heteroatoms. The summed E-state index contributed by atoms with van der Waals surface area (Å²) in [5.74, 6) is 2.34. The van der Waals surface area contributed by atoms with E-state index >= 15 is 0 Å². The number of hydrogen-bond donors (Lipinski definition) is 1. The maximum atomic E-state index is 4.79. The van der Waals surface area contributed by atoms with Crippen molar-refractivity contribution in [2.75, 3.05) is 25.0 Å². The Labute approximate surface area is 121 Å². The summed E-state index contributed by atoms with van der Waals surface area (Å²) in [4.78, 5) is 11.8. The van der Waals surface area contributed by atoms with Crippen molar-refractivity contribution in [1.29, 1.82) is 0 Å². The largest absolute Gasteiger partial charge is 0.350 e. The summed E-state index contributed by atoms with van der Waals surface area (Å²) in [6, 6.07) is 2.66. The zero-order valence-corrected chi connectivity index (χ0v) is 12.1. The van der Waals surface area contributed by atoms with Gasteiger partial charge in [-0.05, 0) is 50.8 Å². The maximum Gasteiger partial charge on any atom is 0.223 e. The van der Waals surface area contributed by atoms with Gasteiger partial charge < -0.3 is 10.2 Å². The first-order valence-electron chi connectivity index (χ1n) is 8.20. The number of nitrogens with zero attached hydrogens (tertiary/aromatic N) is 3. The Bertz CT molecular complexity index is 461. The van der Waals surface area contributed by atoms with Gasteiger partial charge in [0.05, 0.1) is 0 Å². The predicted octanol–water partition coefficient (Wildman–Crippen LogP) is 2.64. The molecule has 5 rings (SSSR count). The van der Waals surface area contributed by atoms with Crippen molar-refractivity contribution in [2.45, 2.75) is 50.5 Å². The molecule has 0 aromatic carbocycles. The lowest BCUT2D eigenvalue weighted by atomic mass is 9.84. The van der Waals surface area contributed by atoms with E-state index in [4.69, 9.17) is 4.98 Å². The minimum Gasteiger partial charge on any atom is -0.350 e. The van der Waals surface area contributed by atoms with Gasteiger partial charge >= 0.3 is 0 Å². The van der Waals surface area contributed by atoms with Crippen LogP contribution >= 0.6 is 0 Å². The third-order valence-corrected chi connectivity index (χ3v) is 5.42. The molecule has 1 atom stereocenters. The zero-order chi connectivity index (χ0) is 13.4. The number of anilines is 1. The Morgan fingerprint density at radius 3 is 2.60 bits per heavy atom. The summed E-state index contributed by atoms with van der Waals surface area (Å²) in [6.45, 7) is 3.74. The molecule has 2 bridgehead atoms. The van der Waals surface area contributed by atoms with E-state index in [-0.39, 0.29) is 0 Å². The maximum absolute atomic E-state index is 4.79. The molecule has 0 spiro atoms. The molecule has 0 amide bonds. The van der Waals surface area contributed by atoms with Crippen LogP contribution in [0.2, 0.25) is 0 Å². The Balaban J connectivity index is 1.47. The molecular formula is C16H24N4. The van der Waals surface area contributed by atoms with Gasteiger partial charge in [0, 0.05) is 30.4 Å². The van der Waals surface area contributed by atoms with Crippen molar-refractivity contribution >= 4 is 5.95 Å². The average Bonchev–Trinajstić information content (AvgIpc) is 3.03. The van der Waals surface area contributed by atoms with Crippen LogP contribution in [0.25, 0.3) is 0 Å². The van der Waals surface area contributed by atoms with Crippen LogP contribution in [0.4, 0.5) is 5.95 Å². The number of fused-ring (bicyclic) bond motifs is 3. The van der Waals surface area contributed by atoms with E-state index in [9.17, 15) is 0 Å². The fourth-order valence-corrected chi connectivity index (χ4v) is 4.19. The highest BCUT2D eigenvalue weighted by atomic mass is 15.2. The Kier molecular flexibility index (Phi) is 3.34. The highest BCUT2D eigenvalue weighted by Gasteiger charge is 2.34. The van der Waals surface area contributed by atoms with Crippen molar-refractivity contribution in [2.24, 2.45) is 5.92 Å². The number of hydrogen-bond acceptors (Lipinski definition) is 4. The second-order valence-corrected chi connectivity index (χ2v) is 6.68. The lowest BCUT2D eigenvalue weighted by Gasteiger charge is -2.44. The van der Waals surface area contributed by atoms with Gasteiger partial charge in [-0.3, -0.25) is 0 Å². The Hall–Kier alpha value is -1.16. The monoisotopic (exact) mass is 272 g/mol. The lowest BCUT2D eigenvalue weighted by Crippen LogP contribution is -2.53. The molecule has 4 fully saturated rings. The fourth-order valence-electron chi connectivity index (χ4n) is 4.19. The van der Waals surface area contributed by atoms with Crippen LogP contribution in [0.5, 0.6) is 0 Å². The lowest BCUT2D eigenvalue weighted by molar-refractivity contribution is 0.0972. The van der Waals surface area contributed by atoms with Crippen molar-refractivity contribution in [3.05, 3.63) is 18.0 Å². The molecule has 0 radical (unpaired) electrons. The Morgan fingerprint density at radius 1 is 1.10 bits per heavy atom. The molecule has 108 valence electrons. The molecule has 4 heterocycles. The summed E-state index contributed by atoms with van der Waals surface area (Å²) in [6.07, 6.45) is 9.92. The van der Waals surface area contributed by atoms with Gasteiger partial charge in [-0.2, -0.15) is 0 Å². The standard InChI is InChI=1S/C16H24N4/c1-2-4-12(3-1)14-5-8-17-16(18-14)19-15-11-20-9-6-13(15)7-10-20/h5,8,12-13,15H,1-4,6-7,9-11H2,(H,17,18,19)/t15-/m1/s1. The minimum absolute atomic E-state index is 0.552. The van der Waals surface area contributed by atoms with E-state index < -0.39 is 0 Å². The van der Waals surface area contributed by atoms with Crippen LogP contribution in [0.15, 0.2) is 12.3 Å². The van der Waals surface area contributed by atoms with Crippen LogP contribution in [0, 0.1) is 5.92 Å². The molecule has 3 saturated heterocycles. The molecule has 20 heavy (non-hydrogen) atoms. The van der Waals surface area contributed by atoms with Crippen molar-refractivity contribution in [3.8, 4) is 0 Å². The predicted molar refractivity (Wildman–Crippen MR) is 79.8 cm³/mol. The van der Waals surface area contributed by atoms with Gasteiger partial charge in [-0.15, -0.1) is 0 Å². The molecule has 0 unspecified atom stereocenters. The van der Waals surface area contributed by atoms with Gasteiger partial charge in [0.25, 0.3) is 0 Å². The molecular weight excluding hydrogens is 248 g/mol. The molecule has 1 aromatic heterocycles. The molecule has 1 saturated carbocycles. The molecule has 3 aliphatic heterocycles. The van der Waals surface area contributed by atoms with Crippen LogP contribution in [0.3, 0.4) is 0 Å². The van der Waals surface area contributed by atoms with Gasteiger partial charge in [0.15, 0.2) is 0 Å². The normalized spacial score (nSPS) is 33.5. The first-order valence-corrected chi connectivity index (χ1v) is 8.20. The number of nitrogens with one attached hydrogen (secondary N) is 1. The van der Waals surface area contributed by atoms with E-state index in [1.165, 1.54) is 63.9 Å². The summed E-state index contributed by atoms with van der Waals surface area (Å²) >= 11 is 0. The van der Waals surface area contributed by atoms with E-state index in [2.05, 4.69) is 21.3 Å². The van der Waals surface area contributed by atoms with Gasteiger partial charge in [-0.1, -0.05) is 12.8 Å². The highest BCUT2D eigenvalue weighted by molar-refractivity contribution is 5.29. The van der Waals surface area contributed by atoms with E-state index in [1.54, 1.807) is 0 Å². The fraction of sp³-hybridized carbons (Fsp3) is 0.750. The third-order valence-electron chi connectivity index (χ3n) is 5.42.